The maximum absolute atomic E-state index is 12.7. The van der Waals surface area contributed by atoms with E-state index in [0.29, 0.717) is 24.6 Å². The first-order chi connectivity index (χ1) is 12.6. The molecule has 26 heavy (non-hydrogen) atoms. The molecule has 1 N–H and O–H groups in total. The molecule has 1 unspecified atom stereocenters. The van der Waals surface area contributed by atoms with Crippen LogP contribution in [0, 0.1) is 12.8 Å². The number of aliphatic hydroxyl groups is 1. The number of amides is 1. The SMILES string of the molecule is COc1cc(C(=O)N2CCN(CC(O)CC3CCCC3)CC2)ccc1C. The Kier molecular flexibility index (Phi) is 6.54. The quantitative estimate of drug-likeness (QED) is 0.847. The standard InChI is InChI=1S/C21H32N2O3/c1-16-7-8-18(14-20(16)26-2)21(25)23-11-9-22(10-12-23)15-19(24)13-17-5-3-4-6-17/h7-8,14,17,19,24H,3-6,9-13,15H2,1-2H3. The molecule has 1 saturated carbocycles. The molecule has 0 bridgehead atoms. The molecule has 2 aliphatic rings. The van der Waals surface area contributed by atoms with Crippen LogP contribution in [0.4, 0.5) is 0 Å². The van der Waals surface area contributed by atoms with Crippen molar-refractivity contribution in [2.24, 2.45) is 5.92 Å². The van der Waals surface area contributed by atoms with Crippen molar-refractivity contribution in [1.82, 2.24) is 9.80 Å². The lowest BCUT2D eigenvalue weighted by molar-refractivity contribution is 0.0482. The van der Waals surface area contributed by atoms with Crippen molar-refractivity contribution in [2.75, 3.05) is 39.8 Å². The molecule has 1 saturated heterocycles. The van der Waals surface area contributed by atoms with Crippen LogP contribution >= 0.6 is 0 Å². The second kappa shape index (κ2) is 8.87. The molecular formula is C21H32N2O3. The number of methoxy groups -OCH3 is 1. The first kappa shape index (κ1) is 19.2. The molecule has 1 amide bonds. The summed E-state index contributed by atoms with van der Waals surface area (Å²) in [5.41, 5.74) is 1.72. The van der Waals surface area contributed by atoms with Crippen molar-refractivity contribution < 1.29 is 14.6 Å². The number of ether oxygens (including phenoxy) is 1. The van der Waals surface area contributed by atoms with Crippen LogP contribution < -0.4 is 4.74 Å². The van der Waals surface area contributed by atoms with E-state index in [9.17, 15) is 9.90 Å². The highest BCUT2D eigenvalue weighted by molar-refractivity contribution is 5.94. The Morgan fingerprint density at radius 1 is 1.23 bits per heavy atom. The molecule has 144 valence electrons. The highest BCUT2D eigenvalue weighted by atomic mass is 16.5. The van der Waals surface area contributed by atoms with E-state index in [4.69, 9.17) is 4.74 Å². The van der Waals surface area contributed by atoms with Crippen LogP contribution in [0.1, 0.15) is 48.0 Å². The molecule has 5 heteroatoms. The summed E-state index contributed by atoms with van der Waals surface area (Å²) in [6, 6.07) is 5.63. The van der Waals surface area contributed by atoms with E-state index < -0.39 is 0 Å². The maximum Gasteiger partial charge on any atom is 0.254 e. The minimum Gasteiger partial charge on any atom is -0.496 e. The fourth-order valence-electron chi connectivity index (χ4n) is 4.27. The van der Waals surface area contributed by atoms with Crippen molar-refractivity contribution in [3.8, 4) is 5.75 Å². The predicted molar refractivity (Wildman–Crippen MR) is 103 cm³/mol. The smallest absolute Gasteiger partial charge is 0.254 e. The van der Waals surface area contributed by atoms with Gasteiger partial charge >= 0.3 is 0 Å². The van der Waals surface area contributed by atoms with Gasteiger partial charge in [-0.15, -0.1) is 0 Å². The maximum atomic E-state index is 12.7. The molecule has 0 aromatic heterocycles. The highest BCUT2D eigenvalue weighted by Gasteiger charge is 2.25. The Balaban J connectivity index is 1.47. The van der Waals surface area contributed by atoms with Gasteiger partial charge in [-0.2, -0.15) is 0 Å². The van der Waals surface area contributed by atoms with Crippen LogP contribution in [0.15, 0.2) is 18.2 Å². The molecular weight excluding hydrogens is 328 g/mol. The number of piperazine rings is 1. The third-order valence-electron chi connectivity index (χ3n) is 5.86. The molecule has 1 aromatic carbocycles. The van der Waals surface area contributed by atoms with Crippen LogP contribution in [0.25, 0.3) is 0 Å². The fourth-order valence-corrected chi connectivity index (χ4v) is 4.27. The van der Waals surface area contributed by atoms with Gasteiger partial charge in [-0.05, 0) is 37.0 Å². The Morgan fingerprint density at radius 2 is 1.92 bits per heavy atom. The third-order valence-corrected chi connectivity index (χ3v) is 5.86. The molecule has 0 spiro atoms. The molecule has 1 aliphatic heterocycles. The number of aliphatic hydroxyl groups excluding tert-OH is 1. The zero-order chi connectivity index (χ0) is 18.5. The van der Waals surface area contributed by atoms with Gasteiger partial charge in [-0.1, -0.05) is 31.7 Å². The van der Waals surface area contributed by atoms with Crippen LogP contribution in [-0.4, -0.2) is 66.8 Å². The van der Waals surface area contributed by atoms with Crippen molar-refractivity contribution >= 4 is 5.91 Å². The van der Waals surface area contributed by atoms with Gasteiger partial charge in [0, 0.05) is 38.3 Å². The summed E-state index contributed by atoms with van der Waals surface area (Å²) in [5.74, 6) is 1.53. The molecule has 1 heterocycles. The van der Waals surface area contributed by atoms with Gasteiger partial charge in [-0.25, -0.2) is 0 Å². The second-order valence-corrected chi connectivity index (χ2v) is 7.82. The van der Waals surface area contributed by atoms with Crippen LogP contribution in [0.2, 0.25) is 0 Å². The molecule has 0 radical (unpaired) electrons. The van der Waals surface area contributed by atoms with E-state index in [0.717, 1.165) is 37.4 Å². The molecule has 1 aromatic rings. The summed E-state index contributed by atoms with van der Waals surface area (Å²) in [6.07, 6.45) is 5.90. The number of hydrogen-bond donors (Lipinski definition) is 1. The molecule has 1 aliphatic carbocycles. The summed E-state index contributed by atoms with van der Waals surface area (Å²) in [6.45, 7) is 5.79. The number of carbonyl (C=O) groups is 1. The lowest BCUT2D eigenvalue weighted by Crippen LogP contribution is -2.50. The predicted octanol–water partition coefficient (Wildman–Crippen LogP) is 2.70. The topological polar surface area (TPSA) is 53.0 Å². The number of aryl methyl sites for hydroxylation is 1. The van der Waals surface area contributed by atoms with Crippen LogP contribution in [0.5, 0.6) is 5.75 Å². The average molecular weight is 360 g/mol. The first-order valence-electron chi connectivity index (χ1n) is 9.91. The Labute approximate surface area is 156 Å². The van der Waals surface area contributed by atoms with E-state index in [2.05, 4.69) is 4.90 Å². The number of hydrogen-bond acceptors (Lipinski definition) is 4. The van der Waals surface area contributed by atoms with E-state index in [1.165, 1.54) is 25.7 Å². The summed E-state index contributed by atoms with van der Waals surface area (Å²) >= 11 is 0. The van der Waals surface area contributed by atoms with Crippen molar-refractivity contribution in [2.45, 2.75) is 45.1 Å². The van der Waals surface area contributed by atoms with Crippen molar-refractivity contribution in [1.29, 1.82) is 0 Å². The summed E-state index contributed by atoms with van der Waals surface area (Å²) < 4.78 is 5.33. The van der Waals surface area contributed by atoms with E-state index >= 15 is 0 Å². The summed E-state index contributed by atoms with van der Waals surface area (Å²) in [4.78, 5) is 16.9. The Morgan fingerprint density at radius 3 is 2.58 bits per heavy atom. The summed E-state index contributed by atoms with van der Waals surface area (Å²) in [5, 5.41) is 10.4. The monoisotopic (exact) mass is 360 g/mol. The average Bonchev–Trinajstić information content (AvgIpc) is 3.15. The second-order valence-electron chi connectivity index (χ2n) is 7.82. The first-order valence-corrected chi connectivity index (χ1v) is 9.91. The number of β-amino-alcohol motifs (C(OH)–C–C–N with tert-alkyl or cyclic N) is 1. The third kappa shape index (κ3) is 4.77. The van der Waals surface area contributed by atoms with E-state index in [-0.39, 0.29) is 12.0 Å². The molecule has 1 atom stereocenters. The van der Waals surface area contributed by atoms with Gasteiger partial charge in [0.1, 0.15) is 5.75 Å². The zero-order valence-corrected chi connectivity index (χ0v) is 16.1. The van der Waals surface area contributed by atoms with Crippen LogP contribution in [0.3, 0.4) is 0 Å². The van der Waals surface area contributed by atoms with Crippen LogP contribution in [-0.2, 0) is 0 Å². The number of benzene rings is 1. The van der Waals surface area contributed by atoms with Gasteiger partial charge in [0.15, 0.2) is 0 Å². The highest BCUT2D eigenvalue weighted by Crippen LogP contribution is 2.28. The largest absolute Gasteiger partial charge is 0.496 e. The molecule has 2 fully saturated rings. The fraction of sp³-hybridized carbons (Fsp3) is 0.667. The van der Waals surface area contributed by atoms with Gasteiger partial charge in [-0.3, -0.25) is 9.69 Å². The molecule has 5 nitrogen and oxygen atoms in total. The lowest BCUT2D eigenvalue weighted by atomic mass is 9.99. The van der Waals surface area contributed by atoms with Gasteiger partial charge in [0.25, 0.3) is 5.91 Å². The zero-order valence-electron chi connectivity index (χ0n) is 16.1. The van der Waals surface area contributed by atoms with E-state index in [1.807, 2.05) is 30.0 Å². The Hall–Kier alpha value is -1.59. The van der Waals surface area contributed by atoms with Gasteiger partial charge < -0.3 is 14.7 Å². The minimum absolute atomic E-state index is 0.0643. The number of rotatable bonds is 6. The van der Waals surface area contributed by atoms with Gasteiger partial charge in [0.05, 0.1) is 13.2 Å². The van der Waals surface area contributed by atoms with Crippen molar-refractivity contribution in [3.05, 3.63) is 29.3 Å². The summed E-state index contributed by atoms with van der Waals surface area (Å²) in [7, 11) is 1.63. The van der Waals surface area contributed by atoms with Crippen molar-refractivity contribution in [3.63, 3.8) is 0 Å². The normalized spacial score (nSPS) is 20.3. The number of nitrogens with zero attached hydrogens (tertiary/aromatic N) is 2. The minimum atomic E-state index is -0.235. The molecule has 3 rings (SSSR count). The lowest BCUT2D eigenvalue weighted by Gasteiger charge is -2.36. The van der Waals surface area contributed by atoms with E-state index in [1.54, 1.807) is 7.11 Å². The van der Waals surface area contributed by atoms with Gasteiger partial charge in [0.2, 0.25) is 0 Å². The Bertz CT molecular complexity index is 605. The number of carbonyl (C=O) groups excluding carboxylic acids is 1.